The van der Waals surface area contributed by atoms with E-state index in [1.54, 1.807) is 11.8 Å². The number of hydrogen-bond acceptors (Lipinski definition) is 3. The molecule has 4 nitrogen and oxygen atoms in total. The number of hydrogen-bond donors (Lipinski definition) is 0. The number of piperazine rings is 1. The van der Waals surface area contributed by atoms with Crippen LogP contribution in [0, 0.1) is 11.3 Å². The maximum absolute atomic E-state index is 11.2. The molecule has 0 N–H and O–H groups in total. The molecule has 1 saturated heterocycles. The molecule has 0 radical (unpaired) electrons. The number of likely N-dealkylation sites (N-methyl/N-ethyl adjacent to an activating group) is 1. The van der Waals surface area contributed by atoms with E-state index in [2.05, 4.69) is 11.0 Å². The molecule has 1 aliphatic heterocycles. The predicted octanol–water partition coefficient (Wildman–Crippen LogP) is 0.0626. The van der Waals surface area contributed by atoms with Gasteiger partial charge in [0.15, 0.2) is 0 Å². The molecule has 1 atom stereocenters. The zero-order valence-corrected chi connectivity index (χ0v) is 8.16. The first-order valence-electron chi connectivity index (χ1n) is 4.48. The summed E-state index contributed by atoms with van der Waals surface area (Å²) in [6, 6.07) is 2.21. The van der Waals surface area contributed by atoms with Gasteiger partial charge in [0.25, 0.3) is 0 Å². The Morgan fingerprint density at radius 2 is 2.31 bits per heavy atom. The van der Waals surface area contributed by atoms with Crippen LogP contribution in [0.1, 0.15) is 13.3 Å². The highest BCUT2D eigenvalue weighted by atomic mass is 16.2. The van der Waals surface area contributed by atoms with Crippen molar-refractivity contribution in [2.24, 2.45) is 0 Å². The summed E-state index contributed by atoms with van der Waals surface area (Å²) in [4.78, 5) is 15.1. The lowest BCUT2D eigenvalue weighted by atomic mass is 10.1. The fourth-order valence-corrected chi connectivity index (χ4v) is 1.71. The van der Waals surface area contributed by atoms with Gasteiger partial charge in [-0.05, 0) is 7.05 Å². The summed E-state index contributed by atoms with van der Waals surface area (Å²) < 4.78 is 0. The third-order valence-corrected chi connectivity index (χ3v) is 2.42. The molecule has 0 bridgehead atoms. The van der Waals surface area contributed by atoms with Crippen LogP contribution in [0.5, 0.6) is 0 Å². The van der Waals surface area contributed by atoms with Crippen LogP contribution < -0.4 is 0 Å². The number of nitrogens with zero attached hydrogens (tertiary/aromatic N) is 3. The molecule has 0 aliphatic carbocycles. The van der Waals surface area contributed by atoms with Gasteiger partial charge in [0.1, 0.15) is 0 Å². The lowest BCUT2D eigenvalue weighted by Gasteiger charge is -2.38. The van der Waals surface area contributed by atoms with Crippen LogP contribution in [0.15, 0.2) is 0 Å². The number of amides is 1. The third kappa shape index (κ3) is 2.43. The molecule has 1 fully saturated rings. The topological polar surface area (TPSA) is 47.3 Å². The standard InChI is InChI=1S/C9H15N3O/c1-8(13)12-6-5-11(2)7-9(12)3-4-10/h9H,3,5-7H2,1-2H3. The second-order valence-corrected chi connectivity index (χ2v) is 3.49. The zero-order valence-electron chi connectivity index (χ0n) is 8.16. The lowest BCUT2D eigenvalue weighted by Crippen LogP contribution is -2.53. The fourth-order valence-electron chi connectivity index (χ4n) is 1.71. The highest BCUT2D eigenvalue weighted by Gasteiger charge is 2.26. The number of carbonyl (C=O) groups is 1. The van der Waals surface area contributed by atoms with E-state index in [1.165, 1.54) is 0 Å². The Kier molecular flexibility index (Phi) is 3.26. The largest absolute Gasteiger partial charge is 0.336 e. The summed E-state index contributed by atoms with van der Waals surface area (Å²) in [6.07, 6.45) is 0.434. The molecule has 0 aromatic rings. The van der Waals surface area contributed by atoms with Crippen LogP contribution >= 0.6 is 0 Å². The van der Waals surface area contributed by atoms with E-state index in [9.17, 15) is 4.79 Å². The van der Waals surface area contributed by atoms with Gasteiger partial charge in [-0.1, -0.05) is 0 Å². The molecule has 1 rings (SSSR count). The van der Waals surface area contributed by atoms with Crippen LogP contribution in [0.4, 0.5) is 0 Å². The molecular weight excluding hydrogens is 166 g/mol. The Bertz CT molecular complexity index is 234. The second kappa shape index (κ2) is 4.24. The van der Waals surface area contributed by atoms with Gasteiger partial charge < -0.3 is 9.80 Å². The van der Waals surface area contributed by atoms with Gasteiger partial charge in [-0.15, -0.1) is 0 Å². The average Bonchev–Trinajstić information content (AvgIpc) is 2.04. The van der Waals surface area contributed by atoms with Gasteiger partial charge >= 0.3 is 0 Å². The molecule has 0 aromatic heterocycles. The van der Waals surface area contributed by atoms with Crippen molar-refractivity contribution in [2.45, 2.75) is 19.4 Å². The minimum absolute atomic E-state index is 0.0772. The summed E-state index contributed by atoms with van der Waals surface area (Å²) in [5.41, 5.74) is 0. The third-order valence-electron chi connectivity index (χ3n) is 2.42. The van der Waals surface area contributed by atoms with Crippen LogP contribution in [-0.2, 0) is 4.79 Å². The Balaban J connectivity index is 2.61. The van der Waals surface area contributed by atoms with Crippen LogP contribution in [0.3, 0.4) is 0 Å². The Labute approximate surface area is 78.7 Å². The van der Waals surface area contributed by atoms with Gasteiger partial charge in [0.2, 0.25) is 5.91 Å². The SMILES string of the molecule is CC(=O)N1CCN(C)CC1CC#N. The summed E-state index contributed by atoms with van der Waals surface area (Å²) >= 11 is 0. The van der Waals surface area contributed by atoms with Crippen LogP contribution in [-0.4, -0.2) is 48.4 Å². The maximum atomic E-state index is 11.2. The molecule has 1 heterocycles. The zero-order chi connectivity index (χ0) is 9.84. The highest BCUT2D eigenvalue weighted by molar-refractivity contribution is 5.73. The number of rotatable bonds is 1. The maximum Gasteiger partial charge on any atom is 0.219 e. The Hall–Kier alpha value is -1.08. The first-order valence-corrected chi connectivity index (χ1v) is 4.48. The first-order chi connectivity index (χ1) is 6.15. The van der Waals surface area contributed by atoms with E-state index in [-0.39, 0.29) is 11.9 Å². The predicted molar refractivity (Wildman–Crippen MR) is 48.9 cm³/mol. The van der Waals surface area contributed by atoms with Crippen molar-refractivity contribution in [3.8, 4) is 6.07 Å². The molecule has 1 unspecified atom stereocenters. The molecule has 1 aliphatic rings. The molecule has 0 saturated carbocycles. The van der Waals surface area contributed by atoms with Crippen molar-refractivity contribution >= 4 is 5.91 Å². The van der Waals surface area contributed by atoms with E-state index < -0.39 is 0 Å². The number of nitriles is 1. The van der Waals surface area contributed by atoms with Crippen molar-refractivity contribution < 1.29 is 4.79 Å². The molecule has 72 valence electrons. The minimum atomic E-state index is 0.0772. The summed E-state index contributed by atoms with van der Waals surface area (Å²) in [5.74, 6) is 0.0772. The van der Waals surface area contributed by atoms with E-state index in [0.717, 1.165) is 19.6 Å². The summed E-state index contributed by atoms with van der Waals surface area (Å²) in [6.45, 7) is 4.03. The van der Waals surface area contributed by atoms with Gasteiger partial charge in [-0.25, -0.2) is 0 Å². The minimum Gasteiger partial charge on any atom is -0.336 e. The normalized spacial score (nSPS) is 24.1. The van der Waals surface area contributed by atoms with Gasteiger partial charge in [0.05, 0.1) is 18.5 Å². The van der Waals surface area contributed by atoms with Crippen LogP contribution in [0.2, 0.25) is 0 Å². The van der Waals surface area contributed by atoms with E-state index >= 15 is 0 Å². The average molecular weight is 181 g/mol. The van der Waals surface area contributed by atoms with Crippen molar-refractivity contribution in [3.63, 3.8) is 0 Å². The molecular formula is C9H15N3O. The fraction of sp³-hybridized carbons (Fsp3) is 0.778. The quantitative estimate of drug-likeness (QED) is 0.575. The van der Waals surface area contributed by atoms with Gasteiger partial charge in [-0.3, -0.25) is 4.79 Å². The van der Waals surface area contributed by atoms with Crippen LogP contribution in [0.25, 0.3) is 0 Å². The molecule has 4 heteroatoms. The Morgan fingerprint density at radius 1 is 1.62 bits per heavy atom. The van der Waals surface area contributed by atoms with Gasteiger partial charge in [-0.2, -0.15) is 5.26 Å². The summed E-state index contributed by atoms with van der Waals surface area (Å²) in [7, 11) is 2.02. The van der Waals surface area contributed by atoms with Crippen molar-refractivity contribution in [1.82, 2.24) is 9.80 Å². The van der Waals surface area contributed by atoms with Crippen molar-refractivity contribution in [3.05, 3.63) is 0 Å². The summed E-state index contributed by atoms with van der Waals surface area (Å²) in [5, 5.41) is 8.60. The van der Waals surface area contributed by atoms with Crippen molar-refractivity contribution in [2.75, 3.05) is 26.7 Å². The molecule has 0 aromatic carbocycles. The molecule has 0 spiro atoms. The van der Waals surface area contributed by atoms with E-state index in [1.807, 2.05) is 7.05 Å². The smallest absolute Gasteiger partial charge is 0.219 e. The first kappa shape index (κ1) is 10.0. The van der Waals surface area contributed by atoms with Crippen molar-refractivity contribution in [1.29, 1.82) is 5.26 Å². The Morgan fingerprint density at radius 3 is 2.85 bits per heavy atom. The number of carbonyl (C=O) groups excluding carboxylic acids is 1. The highest BCUT2D eigenvalue weighted by Crippen LogP contribution is 2.11. The lowest BCUT2D eigenvalue weighted by molar-refractivity contribution is -0.133. The van der Waals surface area contributed by atoms with E-state index in [0.29, 0.717) is 6.42 Å². The molecule has 13 heavy (non-hydrogen) atoms. The van der Waals surface area contributed by atoms with E-state index in [4.69, 9.17) is 5.26 Å². The molecule has 1 amide bonds. The monoisotopic (exact) mass is 181 g/mol. The second-order valence-electron chi connectivity index (χ2n) is 3.49. The van der Waals surface area contributed by atoms with Gasteiger partial charge in [0, 0.05) is 26.6 Å².